The number of benzene rings is 2. The van der Waals surface area contributed by atoms with E-state index in [1.54, 1.807) is 18.2 Å². The number of para-hydroxylation sites is 2. The third-order valence-corrected chi connectivity index (χ3v) is 6.62. The first kappa shape index (κ1) is 17.9. The van der Waals surface area contributed by atoms with Crippen molar-refractivity contribution < 1.29 is 17.9 Å². The van der Waals surface area contributed by atoms with E-state index < -0.39 is 10.0 Å². The van der Waals surface area contributed by atoms with Crippen molar-refractivity contribution in [3.63, 3.8) is 0 Å². The topological polar surface area (TPSA) is 62.3 Å². The molecule has 0 N–H and O–H groups in total. The number of nitrogens with zero attached hydrogens (tertiary/aromatic N) is 3. The van der Waals surface area contributed by atoms with Gasteiger partial charge in [0.05, 0.1) is 22.8 Å². The van der Waals surface area contributed by atoms with Crippen LogP contribution in [0.1, 0.15) is 0 Å². The van der Waals surface area contributed by atoms with Crippen LogP contribution in [0.4, 0.5) is 11.4 Å². The van der Waals surface area contributed by atoms with Crippen LogP contribution in [0.5, 0.6) is 11.5 Å². The molecule has 144 valence electrons. The fraction of sp³-hybridized carbons (Fsp3) is 0.368. The van der Waals surface area contributed by atoms with Gasteiger partial charge in [-0.15, -0.1) is 0 Å². The maximum Gasteiger partial charge on any atom is 0.264 e. The van der Waals surface area contributed by atoms with Gasteiger partial charge in [0.25, 0.3) is 10.0 Å². The van der Waals surface area contributed by atoms with E-state index in [1.807, 2.05) is 38.4 Å². The highest BCUT2D eigenvalue weighted by molar-refractivity contribution is 7.92. The lowest BCUT2D eigenvalue weighted by molar-refractivity contribution is 0.174. The molecule has 2 aromatic rings. The fourth-order valence-electron chi connectivity index (χ4n) is 3.36. The van der Waals surface area contributed by atoms with E-state index in [4.69, 9.17) is 9.47 Å². The van der Waals surface area contributed by atoms with Crippen LogP contribution in [0.25, 0.3) is 0 Å². The summed E-state index contributed by atoms with van der Waals surface area (Å²) in [5.41, 5.74) is 1.65. The molecule has 0 saturated carbocycles. The number of likely N-dealkylation sites (N-methyl/N-ethyl adjacent to an activating group) is 1. The highest BCUT2D eigenvalue weighted by atomic mass is 32.2. The Morgan fingerprint density at radius 3 is 2.52 bits per heavy atom. The molecule has 0 fully saturated rings. The maximum atomic E-state index is 13.3. The van der Waals surface area contributed by atoms with Gasteiger partial charge in [-0.1, -0.05) is 12.1 Å². The minimum Gasteiger partial charge on any atom is -0.454 e. The number of fused-ring (bicyclic) bond motifs is 2. The molecular formula is C19H23N3O4S. The third-order valence-electron chi connectivity index (χ3n) is 4.81. The second kappa shape index (κ2) is 6.94. The molecule has 0 spiro atoms. The number of rotatable bonds is 5. The molecular weight excluding hydrogens is 366 g/mol. The average molecular weight is 389 g/mol. The number of hydrogen-bond donors (Lipinski definition) is 0. The van der Waals surface area contributed by atoms with Crippen LogP contribution in [0, 0.1) is 0 Å². The molecule has 0 saturated heterocycles. The van der Waals surface area contributed by atoms with Crippen LogP contribution in [0.3, 0.4) is 0 Å². The molecule has 0 radical (unpaired) electrons. The van der Waals surface area contributed by atoms with Gasteiger partial charge in [-0.05, 0) is 38.4 Å². The largest absolute Gasteiger partial charge is 0.454 e. The Hall–Kier alpha value is -2.45. The quantitative estimate of drug-likeness (QED) is 0.779. The van der Waals surface area contributed by atoms with Crippen LogP contribution in [-0.4, -0.2) is 60.4 Å². The van der Waals surface area contributed by atoms with Crippen molar-refractivity contribution in [3.05, 3.63) is 42.5 Å². The summed E-state index contributed by atoms with van der Waals surface area (Å²) in [6.45, 7) is 2.92. The van der Waals surface area contributed by atoms with Crippen LogP contribution in [0.15, 0.2) is 47.4 Å². The minimum absolute atomic E-state index is 0.117. The summed E-state index contributed by atoms with van der Waals surface area (Å²) in [6, 6.07) is 12.4. The van der Waals surface area contributed by atoms with Gasteiger partial charge in [-0.2, -0.15) is 0 Å². The van der Waals surface area contributed by atoms with Crippen molar-refractivity contribution in [1.82, 2.24) is 4.90 Å². The maximum absolute atomic E-state index is 13.3. The Morgan fingerprint density at radius 1 is 1.00 bits per heavy atom. The van der Waals surface area contributed by atoms with E-state index in [2.05, 4.69) is 9.80 Å². The Labute approximate surface area is 159 Å². The highest BCUT2D eigenvalue weighted by Gasteiger charge is 2.32. The monoisotopic (exact) mass is 389 g/mol. The Morgan fingerprint density at radius 2 is 1.74 bits per heavy atom. The van der Waals surface area contributed by atoms with Gasteiger partial charge in [0, 0.05) is 25.7 Å². The predicted molar refractivity (Wildman–Crippen MR) is 104 cm³/mol. The molecule has 2 aliphatic rings. The molecule has 2 aliphatic heterocycles. The standard InChI is InChI=1S/C19H23N3O4S/c1-20(2)9-10-21-11-12-22(17-6-4-3-5-16(17)21)27(23,24)15-7-8-18-19(13-15)26-14-25-18/h3-8,13H,9-12,14H2,1-2H3. The molecule has 4 rings (SSSR count). The molecule has 2 heterocycles. The molecule has 0 amide bonds. The first-order chi connectivity index (χ1) is 13.0. The van der Waals surface area contributed by atoms with Crippen LogP contribution in [0.2, 0.25) is 0 Å². The van der Waals surface area contributed by atoms with Gasteiger partial charge in [0.15, 0.2) is 11.5 Å². The number of ether oxygens (including phenoxy) is 2. The van der Waals surface area contributed by atoms with Crippen molar-refractivity contribution >= 4 is 21.4 Å². The van der Waals surface area contributed by atoms with E-state index in [1.165, 1.54) is 4.31 Å². The van der Waals surface area contributed by atoms with E-state index >= 15 is 0 Å². The second-order valence-corrected chi connectivity index (χ2v) is 8.73. The molecule has 0 atom stereocenters. The average Bonchev–Trinajstić information content (AvgIpc) is 3.13. The van der Waals surface area contributed by atoms with Gasteiger partial charge < -0.3 is 19.3 Å². The summed E-state index contributed by atoms with van der Waals surface area (Å²) in [7, 11) is 0.377. The molecule has 0 bridgehead atoms. The molecule has 8 heteroatoms. The van der Waals surface area contributed by atoms with Gasteiger partial charge in [-0.3, -0.25) is 4.31 Å². The van der Waals surface area contributed by atoms with E-state index in [-0.39, 0.29) is 11.7 Å². The summed E-state index contributed by atoms with van der Waals surface area (Å²) in [6.07, 6.45) is 0. The molecule has 27 heavy (non-hydrogen) atoms. The zero-order valence-corrected chi connectivity index (χ0v) is 16.3. The zero-order valence-electron chi connectivity index (χ0n) is 15.5. The van der Waals surface area contributed by atoms with Gasteiger partial charge in [0.2, 0.25) is 6.79 Å². The molecule has 2 aromatic carbocycles. The van der Waals surface area contributed by atoms with Crippen LogP contribution < -0.4 is 18.7 Å². The third kappa shape index (κ3) is 3.30. The van der Waals surface area contributed by atoms with Crippen molar-refractivity contribution in [3.8, 4) is 11.5 Å². The Kier molecular flexibility index (Phi) is 4.61. The Bertz CT molecular complexity index is 946. The van der Waals surface area contributed by atoms with Crippen LogP contribution >= 0.6 is 0 Å². The zero-order chi connectivity index (χ0) is 19.0. The summed E-state index contributed by atoms with van der Waals surface area (Å²) < 4.78 is 38.8. The van der Waals surface area contributed by atoms with Crippen molar-refractivity contribution in [2.75, 3.05) is 56.3 Å². The first-order valence-electron chi connectivity index (χ1n) is 8.88. The fourth-order valence-corrected chi connectivity index (χ4v) is 4.85. The van der Waals surface area contributed by atoms with Gasteiger partial charge >= 0.3 is 0 Å². The summed E-state index contributed by atoms with van der Waals surface area (Å²) in [5.74, 6) is 1.04. The van der Waals surface area contributed by atoms with Crippen molar-refractivity contribution in [2.45, 2.75) is 4.90 Å². The summed E-state index contributed by atoms with van der Waals surface area (Å²) in [5, 5.41) is 0. The number of hydrogen-bond acceptors (Lipinski definition) is 6. The molecule has 7 nitrogen and oxygen atoms in total. The molecule has 0 aliphatic carbocycles. The SMILES string of the molecule is CN(C)CCN1CCN(S(=O)(=O)c2ccc3c(c2)OCO3)c2ccccc21. The van der Waals surface area contributed by atoms with E-state index in [9.17, 15) is 8.42 Å². The van der Waals surface area contributed by atoms with Crippen molar-refractivity contribution in [2.24, 2.45) is 0 Å². The van der Waals surface area contributed by atoms with Crippen molar-refractivity contribution in [1.29, 1.82) is 0 Å². The lowest BCUT2D eigenvalue weighted by Crippen LogP contribution is -2.45. The molecule has 0 unspecified atom stereocenters. The highest BCUT2D eigenvalue weighted by Crippen LogP contribution is 2.39. The minimum atomic E-state index is -3.69. The van der Waals surface area contributed by atoms with Crippen LogP contribution in [-0.2, 0) is 10.0 Å². The number of anilines is 2. The second-order valence-electron chi connectivity index (χ2n) is 6.87. The summed E-state index contributed by atoms with van der Waals surface area (Å²) in [4.78, 5) is 4.57. The first-order valence-corrected chi connectivity index (χ1v) is 10.3. The molecule has 0 aromatic heterocycles. The predicted octanol–water partition coefficient (Wildman–Crippen LogP) is 1.99. The lowest BCUT2D eigenvalue weighted by Gasteiger charge is -2.38. The number of sulfonamides is 1. The normalized spacial score (nSPS) is 16.0. The lowest BCUT2D eigenvalue weighted by atomic mass is 10.2. The smallest absolute Gasteiger partial charge is 0.264 e. The summed E-state index contributed by atoms with van der Waals surface area (Å²) >= 11 is 0. The van der Waals surface area contributed by atoms with E-state index in [0.29, 0.717) is 30.3 Å². The van der Waals surface area contributed by atoms with Gasteiger partial charge in [-0.25, -0.2) is 8.42 Å². The van der Waals surface area contributed by atoms with E-state index in [0.717, 1.165) is 18.8 Å². The Balaban J connectivity index is 1.68. The van der Waals surface area contributed by atoms with Gasteiger partial charge in [0.1, 0.15) is 0 Å².